The highest BCUT2D eigenvalue weighted by Gasteiger charge is 2.19. The van der Waals surface area contributed by atoms with E-state index in [1.165, 1.54) is 0 Å². The fourth-order valence-electron chi connectivity index (χ4n) is 8.26. The Bertz CT molecular complexity index is 3440. The second kappa shape index (κ2) is 17.2. The maximum absolute atomic E-state index is 5.14. The number of nitrogens with zero attached hydrogens (tertiary/aromatic N) is 7. The van der Waals surface area contributed by atoms with Gasteiger partial charge in [0.05, 0.1) is 5.69 Å². The summed E-state index contributed by atoms with van der Waals surface area (Å²) in [5.41, 5.74) is 12.3. The van der Waals surface area contributed by atoms with E-state index in [9.17, 15) is 0 Å². The third-order valence-corrected chi connectivity index (χ3v) is 11.4. The first-order chi connectivity index (χ1) is 32.1. The predicted octanol–water partition coefficient (Wildman–Crippen LogP) is 13.9. The molecule has 0 aliphatic heterocycles. The number of benzene rings is 8. The van der Waals surface area contributed by atoms with Gasteiger partial charge in [0.2, 0.25) is 0 Å². The maximum Gasteiger partial charge on any atom is 0.164 e. The normalized spacial score (nSPS) is 11.2. The summed E-state index contributed by atoms with van der Waals surface area (Å²) in [5, 5.41) is 2.29. The zero-order valence-electron chi connectivity index (χ0n) is 35.4. The Kier molecular flexibility index (Phi) is 10.3. The molecule has 306 valence electrons. The average Bonchev–Trinajstić information content (AvgIpc) is 3.39. The molecule has 0 saturated carbocycles. The molecule has 11 aromatic rings. The van der Waals surface area contributed by atoms with Gasteiger partial charge in [-0.25, -0.2) is 29.9 Å². The number of pyridine rings is 1. The molecule has 0 unspecified atom stereocenters. The van der Waals surface area contributed by atoms with Gasteiger partial charge in [-0.05, 0) is 70.3 Å². The van der Waals surface area contributed by atoms with E-state index in [-0.39, 0.29) is 0 Å². The van der Waals surface area contributed by atoms with E-state index in [4.69, 9.17) is 34.9 Å². The van der Waals surface area contributed by atoms with Gasteiger partial charge in [-0.2, -0.15) is 0 Å². The van der Waals surface area contributed by atoms with Crippen molar-refractivity contribution >= 4 is 10.8 Å². The smallest absolute Gasteiger partial charge is 0.164 e. The van der Waals surface area contributed by atoms with E-state index < -0.39 is 0 Å². The Morgan fingerprint density at radius 1 is 0.246 bits per heavy atom. The van der Waals surface area contributed by atoms with E-state index in [1.54, 1.807) is 0 Å². The lowest BCUT2D eigenvalue weighted by molar-refractivity contribution is 1.07. The van der Waals surface area contributed by atoms with Crippen molar-refractivity contribution in [2.24, 2.45) is 0 Å². The molecule has 0 N–H and O–H groups in total. The molecule has 0 radical (unpaired) electrons. The van der Waals surface area contributed by atoms with Gasteiger partial charge in [-0.1, -0.05) is 188 Å². The lowest BCUT2D eigenvalue weighted by Crippen LogP contribution is -2.00. The van der Waals surface area contributed by atoms with Crippen LogP contribution in [0, 0.1) is 6.92 Å². The summed E-state index contributed by atoms with van der Waals surface area (Å²) in [6, 6.07) is 74.4. The molecular formula is C58H39N7. The molecule has 11 rings (SSSR count). The summed E-state index contributed by atoms with van der Waals surface area (Å²) >= 11 is 0. The van der Waals surface area contributed by atoms with Crippen LogP contribution in [-0.4, -0.2) is 34.9 Å². The Hall–Kier alpha value is -8.81. The van der Waals surface area contributed by atoms with Crippen molar-refractivity contribution < 1.29 is 0 Å². The van der Waals surface area contributed by atoms with Crippen molar-refractivity contribution in [3.05, 3.63) is 224 Å². The molecule has 0 saturated heterocycles. The lowest BCUT2D eigenvalue weighted by Gasteiger charge is -2.17. The molecule has 0 spiro atoms. The molecular weight excluding hydrogens is 795 g/mol. The van der Waals surface area contributed by atoms with Crippen LogP contribution < -0.4 is 0 Å². The Morgan fingerprint density at radius 2 is 0.615 bits per heavy atom. The van der Waals surface area contributed by atoms with Crippen LogP contribution in [0.15, 0.2) is 218 Å². The molecule has 3 aromatic heterocycles. The van der Waals surface area contributed by atoms with Gasteiger partial charge >= 0.3 is 0 Å². The molecule has 0 amide bonds. The van der Waals surface area contributed by atoms with Crippen LogP contribution in [0.25, 0.3) is 113 Å². The SMILES string of the molecule is Cc1cccc(-c2c(-c3cccc(-c4nc(-c5ccccc5)nc(-c5ccccc5)n4)c3)cccc2-c2cccc(-c3nc(-c4ccccc4)nc(-c4ccc5ccccc5c4)n3)c2)n1. The second-order valence-electron chi connectivity index (χ2n) is 15.8. The van der Waals surface area contributed by atoms with Gasteiger partial charge in [-0.15, -0.1) is 0 Å². The molecule has 0 fully saturated rings. The molecule has 3 heterocycles. The van der Waals surface area contributed by atoms with Crippen molar-refractivity contribution in [3.63, 3.8) is 0 Å². The Balaban J connectivity index is 1.05. The van der Waals surface area contributed by atoms with Crippen LogP contribution in [-0.2, 0) is 0 Å². The number of aromatic nitrogens is 7. The van der Waals surface area contributed by atoms with E-state index in [1.807, 2.05) is 104 Å². The summed E-state index contributed by atoms with van der Waals surface area (Å²) in [4.78, 5) is 35.4. The highest BCUT2D eigenvalue weighted by molar-refractivity contribution is 5.95. The Labute approximate surface area is 377 Å². The molecule has 7 heteroatoms. The van der Waals surface area contributed by atoms with Gasteiger partial charge < -0.3 is 0 Å². The fourth-order valence-corrected chi connectivity index (χ4v) is 8.26. The van der Waals surface area contributed by atoms with Crippen LogP contribution in [0.4, 0.5) is 0 Å². The summed E-state index contributed by atoms with van der Waals surface area (Å²) < 4.78 is 0. The van der Waals surface area contributed by atoms with Gasteiger partial charge in [0.15, 0.2) is 34.9 Å². The first-order valence-corrected chi connectivity index (χ1v) is 21.6. The summed E-state index contributed by atoms with van der Waals surface area (Å²) in [5.74, 6) is 3.63. The van der Waals surface area contributed by atoms with Crippen molar-refractivity contribution in [2.75, 3.05) is 0 Å². The summed E-state index contributed by atoms with van der Waals surface area (Å²) in [6.07, 6.45) is 0. The van der Waals surface area contributed by atoms with Crippen LogP contribution in [0.2, 0.25) is 0 Å². The largest absolute Gasteiger partial charge is 0.253 e. The number of hydrogen-bond acceptors (Lipinski definition) is 7. The maximum atomic E-state index is 5.14. The first-order valence-electron chi connectivity index (χ1n) is 21.6. The molecule has 0 aliphatic carbocycles. The van der Waals surface area contributed by atoms with E-state index in [0.717, 1.165) is 83.4 Å². The van der Waals surface area contributed by atoms with E-state index in [2.05, 4.69) is 121 Å². The van der Waals surface area contributed by atoms with Crippen LogP contribution in [0.3, 0.4) is 0 Å². The number of rotatable bonds is 9. The van der Waals surface area contributed by atoms with E-state index >= 15 is 0 Å². The minimum atomic E-state index is 0.588. The van der Waals surface area contributed by atoms with E-state index in [0.29, 0.717) is 34.9 Å². The lowest BCUT2D eigenvalue weighted by atomic mass is 9.88. The van der Waals surface area contributed by atoms with Gasteiger partial charge in [-0.3, -0.25) is 4.98 Å². The predicted molar refractivity (Wildman–Crippen MR) is 262 cm³/mol. The second-order valence-corrected chi connectivity index (χ2v) is 15.8. The summed E-state index contributed by atoms with van der Waals surface area (Å²) in [7, 11) is 0. The minimum Gasteiger partial charge on any atom is -0.253 e. The zero-order valence-corrected chi connectivity index (χ0v) is 35.4. The monoisotopic (exact) mass is 833 g/mol. The quantitative estimate of drug-likeness (QED) is 0.143. The number of fused-ring (bicyclic) bond motifs is 1. The zero-order chi connectivity index (χ0) is 43.5. The Morgan fingerprint density at radius 3 is 1.09 bits per heavy atom. The number of hydrogen-bond donors (Lipinski definition) is 0. The van der Waals surface area contributed by atoms with Gasteiger partial charge in [0.25, 0.3) is 0 Å². The van der Waals surface area contributed by atoms with Crippen molar-refractivity contribution in [1.29, 1.82) is 0 Å². The number of aryl methyl sites for hydroxylation is 1. The molecule has 65 heavy (non-hydrogen) atoms. The standard InChI is InChI=1S/C58H39N7/c1-38-17-13-32-51(59-38)52-49(44-26-14-28-46(36-44)56-61-53(40-19-5-2-6-20-40)60-54(62-56)41-21-7-3-8-22-41)30-16-31-50(52)45-27-15-29-47(37-45)57-63-55(42-23-9-4-10-24-42)64-58(65-57)48-34-33-39-18-11-12-25-43(39)35-48/h2-37H,1H3. The van der Waals surface area contributed by atoms with Crippen molar-refractivity contribution in [2.45, 2.75) is 6.92 Å². The van der Waals surface area contributed by atoms with Crippen molar-refractivity contribution in [1.82, 2.24) is 34.9 Å². The fraction of sp³-hybridized carbons (Fsp3) is 0.0172. The van der Waals surface area contributed by atoms with Gasteiger partial charge in [0.1, 0.15) is 0 Å². The van der Waals surface area contributed by atoms with Crippen LogP contribution in [0.1, 0.15) is 5.69 Å². The third kappa shape index (κ3) is 8.06. The van der Waals surface area contributed by atoms with Crippen LogP contribution >= 0.6 is 0 Å². The summed E-state index contributed by atoms with van der Waals surface area (Å²) in [6.45, 7) is 2.03. The third-order valence-electron chi connectivity index (χ3n) is 11.4. The highest BCUT2D eigenvalue weighted by atomic mass is 15.0. The highest BCUT2D eigenvalue weighted by Crippen LogP contribution is 2.41. The average molecular weight is 834 g/mol. The molecule has 0 aliphatic rings. The van der Waals surface area contributed by atoms with Crippen molar-refractivity contribution in [3.8, 4) is 102 Å². The topological polar surface area (TPSA) is 90.2 Å². The minimum absolute atomic E-state index is 0.588. The van der Waals surface area contributed by atoms with Crippen LogP contribution in [0.5, 0.6) is 0 Å². The first kappa shape index (κ1) is 39.1. The van der Waals surface area contributed by atoms with Gasteiger partial charge in [0, 0.05) is 44.6 Å². The molecule has 0 atom stereocenters. The molecule has 0 bridgehead atoms. The molecule has 8 aromatic carbocycles. The molecule has 7 nitrogen and oxygen atoms in total.